The molecule has 16 heavy (non-hydrogen) atoms. The average molecular weight is 216 g/mol. The summed E-state index contributed by atoms with van der Waals surface area (Å²) in [6, 6.07) is 1.89. The van der Waals surface area contributed by atoms with Gasteiger partial charge < -0.3 is 5.73 Å². The number of nitrogens with zero attached hydrogens (tertiary/aromatic N) is 3. The van der Waals surface area contributed by atoms with Crippen LogP contribution in [0, 0.1) is 13.8 Å². The second-order valence-corrected chi connectivity index (χ2v) is 3.91. The van der Waals surface area contributed by atoms with E-state index >= 15 is 0 Å². The van der Waals surface area contributed by atoms with E-state index in [1.807, 2.05) is 30.8 Å². The van der Waals surface area contributed by atoms with Crippen LogP contribution in [0.2, 0.25) is 0 Å². The SMILES string of the molecule is CCn1cc(-c2cnc(N)cc2C)c(C)n1. The fourth-order valence-electron chi connectivity index (χ4n) is 1.80. The van der Waals surface area contributed by atoms with Crippen LogP contribution in [0.5, 0.6) is 0 Å². The van der Waals surface area contributed by atoms with Crippen LogP contribution < -0.4 is 5.73 Å². The van der Waals surface area contributed by atoms with Crippen molar-refractivity contribution in [2.24, 2.45) is 0 Å². The molecule has 2 rings (SSSR count). The van der Waals surface area contributed by atoms with Crippen LogP contribution in [0.25, 0.3) is 11.1 Å². The van der Waals surface area contributed by atoms with E-state index in [-0.39, 0.29) is 0 Å². The van der Waals surface area contributed by atoms with Crippen molar-refractivity contribution in [2.75, 3.05) is 5.73 Å². The molecule has 4 nitrogen and oxygen atoms in total. The van der Waals surface area contributed by atoms with Gasteiger partial charge in [-0.3, -0.25) is 4.68 Å². The molecule has 0 radical (unpaired) electrons. The summed E-state index contributed by atoms with van der Waals surface area (Å²) in [6.45, 7) is 7.00. The first-order chi connectivity index (χ1) is 7.61. The quantitative estimate of drug-likeness (QED) is 0.837. The van der Waals surface area contributed by atoms with Crippen molar-refractivity contribution in [1.29, 1.82) is 0 Å². The largest absolute Gasteiger partial charge is 0.384 e. The second kappa shape index (κ2) is 3.96. The van der Waals surface area contributed by atoms with E-state index in [1.165, 1.54) is 0 Å². The van der Waals surface area contributed by atoms with Crippen LogP contribution >= 0.6 is 0 Å². The fourth-order valence-corrected chi connectivity index (χ4v) is 1.80. The molecule has 0 amide bonds. The Morgan fingerprint density at radius 1 is 1.31 bits per heavy atom. The van der Waals surface area contributed by atoms with Crippen molar-refractivity contribution in [1.82, 2.24) is 14.8 Å². The summed E-state index contributed by atoms with van der Waals surface area (Å²) < 4.78 is 1.93. The minimum Gasteiger partial charge on any atom is -0.384 e. The molecule has 84 valence electrons. The van der Waals surface area contributed by atoms with Crippen LogP contribution in [-0.2, 0) is 6.54 Å². The van der Waals surface area contributed by atoms with Crippen molar-refractivity contribution in [3.05, 3.63) is 29.7 Å². The lowest BCUT2D eigenvalue weighted by molar-refractivity contribution is 0.653. The van der Waals surface area contributed by atoms with Gasteiger partial charge in [-0.2, -0.15) is 5.10 Å². The van der Waals surface area contributed by atoms with Crippen molar-refractivity contribution in [2.45, 2.75) is 27.3 Å². The standard InChI is InChI=1S/C12H16N4/c1-4-16-7-11(9(3)15-16)10-6-14-12(13)5-8(10)2/h5-7H,4H2,1-3H3,(H2,13,14). The van der Waals surface area contributed by atoms with Gasteiger partial charge in [0.1, 0.15) is 5.82 Å². The van der Waals surface area contributed by atoms with E-state index in [4.69, 9.17) is 5.73 Å². The van der Waals surface area contributed by atoms with Gasteiger partial charge in [-0.1, -0.05) is 0 Å². The number of hydrogen-bond acceptors (Lipinski definition) is 3. The lowest BCUT2D eigenvalue weighted by Crippen LogP contribution is -1.93. The Kier molecular flexibility index (Phi) is 2.64. The maximum Gasteiger partial charge on any atom is 0.123 e. The predicted molar refractivity (Wildman–Crippen MR) is 65.0 cm³/mol. The summed E-state index contributed by atoms with van der Waals surface area (Å²) in [6.07, 6.45) is 3.87. The van der Waals surface area contributed by atoms with Gasteiger partial charge in [0, 0.05) is 30.1 Å². The van der Waals surface area contributed by atoms with Crippen molar-refractivity contribution in [3.63, 3.8) is 0 Å². The monoisotopic (exact) mass is 216 g/mol. The molecule has 2 heterocycles. The zero-order chi connectivity index (χ0) is 11.7. The zero-order valence-corrected chi connectivity index (χ0v) is 9.86. The van der Waals surface area contributed by atoms with Gasteiger partial charge in [-0.05, 0) is 32.4 Å². The number of nitrogens with two attached hydrogens (primary N) is 1. The summed E-state index contributed by atoms with van der Waals surface area (Å²) in [4.78, 5) is 4.13. The number of rotatable bonds is 2. The summed E-state index contributed by atoms with van der Waals surface area (Å²) in [7, 11) is 0. The smallest absolute Gasteiger partial charge is 0.123 e. The fraction of sp³-hybridized carbons (Fsp3) is 0.333. The minimum absolute atomic E-state index is 0.557. The molecule has 2 aromatic rings. The van der Waals surface area contributed by atoms with E-state index in [1.54, 1.807) is 0 Å². The molecule has 0 saturated carbocycles. The Hall–Kier alpha value is -1.84. The molecule has 2 aromatic heterocycles. The molecule has 0 fully saturated rings. The maximum atomic E-state index is 5.64. The molecule has 0 saturated heterocycles. The number of nitrogen functional groups attached to an aromatic ring is 1. The van der Waals surface area contributed by atoms with Gasteiger partial charge in [0.05, 0.1) is 5.69 Å². The van der Waals surface area contributed by atoms with Gasteiger partial charge in [0.2, 0.25) is 0 Å². The van der Waals surface area contributed by atoms with Crippen LogP contribution in [-0.4, -0.2) is 14.8 Å². The Morgan fingerprint density at radius 3 is 2.62 bits per heavy atom. The first-order valence-corrected chi connectivity index (χ1v) is 5.38. The van der Waals surface area contributed by atoms with Gasteiger partial charge in [-0.25, -0.2) is 4.98 Å². The van der Waals surface area contributed by atoms with Crippen LogP contribution in [0.15, 0.2) is 18.5 Å². The number of hydrogen-bond donors (Lipinski definition) is 1. The van der Waals surface area contributed by atoms with Crippen LogP contribution in [0.4, 0.5) is 5.82 Å². The maximum absolute atomic E-state index is 5.64. The zero-order valence-electron chi connectivity index (χ0n) is 9.86. The molecule has 2 N–H and O–H groups in total. The van der Waals surface area contributed by atoms with E-state index in [9.17, 15) is 0 Å². The van der Waals surface area contributed by atoms with Gasteiger partial charge >= 0.3 is 0 Å². The lowest BCUT2D eigenvalue weighted by Gasteiger charge is -2.04. The highest BCUT2D eigenvalue weighted by Crippen LogP contribution is 2.25. The topological polar surface area (TPSA) is 56.7 Å². The highest BCUT2D eigenvalue weighted by molar-refractivity contribution is 5.68. The second-order valence-electron chi connectivity index (χ2n) is 3.91. The van der Waals surface area contributed by atoms with Crippen LogP contribution in [0.1, 0.15) is 18.2 Å². The third kappa shape index (κ3) is 1.78. The number of pyridine rings is 1. The van der Waals surface area contributed by atoms with Gasteiger partial charge in [-0.15, -0.1) is 0 Å². The van der Waals surface area contributed by atoms with E-state index < -0.39 is 0 Å². The first-order valence-electron chi connectivity index (χ1n) is 5.38. The summed E-state index contributed by atoms with van der Waals surface area (Å²) in [5.74, 6) is 0.557. The molecule has 0 atom stereocenters. The first kappa shape index (κ1) is 10.7. The van der Waals surface area contributed by atoms with Crippen molar-refractivity contribution in [3.8, 4) is 11.1 Å². The number of aryl methyl sites for hydroxylation is 3. The Balaban J connectivity index is 2.53. The van der Waals surface area contributed by atoms with Gasteiger partial charge in [0.15, 0.2) is 0 Å². The van der Waals surface area contributed by atoms with E-state index in [2.05, 4.69) is 23.2 Å². The molecular weight excluding hydrogens is 200 g/mol. The highest BCUT2D eigenvalue weighted by Gasteiger charge is 2.09. The molecule has 0 aliphatic heterocycles. The van der Waals surface area contributed by atoms with Gasteiger partial charge in [0.25, 0.3) is 0 Å². The molecule has 0 aliphatic carbocycles. The third-order valence-electron chi connectivity index (χ3n) is 2.69. The number of anilines is 1. The molecular formula is C12H16N4. The normalized spacial score (nSPS) is 10.7. The number of aromatic nitrogens is 3. The highest BCUT2D eigenvalue weighted by atomic mass is 15.3. The molecule has 0 bridgehead atoms. The van der Waals surface area contributed by atoms with E-state index in [0.717, 1.165) is 28.9 Å². The Bertz CT molecular complexity index is 514. The molecule has 0 unspecified atom stereocenters. The predicted octanol–water partition coefficient (Wildman–Crippen LogP) is 2.16. The van der Waals surface area contributed by atoms with E-state index in [0.29, 0.717) is 5.82 Å². The molecule has 4 heteroatoms. The Morgan fingerprint density at radius 2 is 2.06 bits per heavy atom. The minimum atomic E-state index is 0.557. The lowest BCUT2D eigenvalue weighted by atomic mass is 10.0. The van der Waals surface area contributed by atoms with Crippen LogP contribution in [0.3, 0.4) is 0 Å². The molecule has 0 aromatic carbocycles. The molecule has 0 aliphatic rings. The average Bonchev–Trinajstić information content (AvgIpc) is 2.60. The van der Waals surface area contributed by atoms with Crippen molar-refractivity contribution < 1.29 is 0 Å². The summed E-state index contributed by atoms with van der Waals surface area (Å²) in [5.41, 5.74) is 10.0. The Labute approximate surface area is 95.1 Å². The molecule has 0 spiro atoms. The van der Waals surface area contributed by atoms with Crippen molar-refractivity contribution >= 4 is 5.82 Å². The summed E-state index contributed by atoms with van der Waals surface area (Å²) >= 11 is 0. The third-order valence-corrected chi connectivity index (χ3v) is 2.69. The summed E-state index contributed by atoms with van der Waals surface area (Å²) in [5, 5.41) is 4.43.